The molecule has 1 aliphatic heterocycles. The maximum Gasteiger partial charge on any atom is 0.237 e. The van der Waals surface area contributed by atoms with Crippen LogP contribution < -0.4 is 24.8 Å². The molecule has 7 heteroatoms. The number of pyridine rings is 1. The number of amides is 1. The molecule has 0 bridgehead atoms. The van der Waals surface area contributed by atoms with Crippen molar-refractivity contribution in [3.05, 3.63) is 42.1 Å². The van der Waals surface area contributed by atoms with Gasteiger partial charge in [-0.1, -0.05) is 12.1 Å². The predicted octanol–water partition coefficient (Wildman–Crippen LogP) is 2.26. The fourth-order valence-corrected chi connectivity index (χ4v) is 2.82. The Balaban J connectivity index is 1.62. The second-order valence-corrected chi connectivity index (χ2v) is 5.97. The van der Waals surface area contributed by atoms with Crippen LogP contribution in [-0.2, 0) is 11.3 Å². The summed E-state index contributed by atoms with van der Waals surface area (Å²) < 4.78 is 16.4. The summed E-state index contributed by atoms with van der Waals surface area (Å²) in [5.41, 5.74) is 0.899. The zero-order chi connectivity index (χ0) is 18.4. The number of nitrogens with zero attached hydrogens (tertiary/aromatic N) is 1. The van der Waals surface area contributed by atoms with E-state index in [1.54, 1.807) is 38.6 Å². The molecule has 0 aliphatic carbocycles. The molecular weight excluding hydrogens is 334 g/mol. The number of aromatic nitrogens is 1. The van der Waals surface area contributed by atoms with E-state index < -0.39 is 0 Å². The van der Waals surface area contributed by atoms with Crippen molar-refractivity contribution in [3.8, 4) is 23.1 Å². The van der Waals surface area contributed by atoms with Gasteiger partial charge in [0.2, 0.25) is 17.5 Å². The van der Waals surface area contributed by atoms with Crippen LogP contribution >= 0.6 is 0 Å². The van der Waals surface area contributed by atoms with Crippen LogP contribution in [0, 0.1) is 0 Å². The number of carbonyl (C=O) groups excluding carboxylic acids is 1. The lowest BCUT2D eigenvalue weighted by Crippen LogP contribution is -2.40. The maximum atomic E-state index is 12.0. The minimum absolute atomic E-state index is 0.0292. The molecule has 1 aliphatic rings. The van der Waals surface area contributed by atoms with Gasteiger partial charge in [-0.05, 0) is 37.1 Å². The van der Waals surface area contributed by atoms with E-state index >= 15 is 0 Å². The molecule has 26 heavy (non-hydrogen) atoms. The molecule has 2 aromatic rings. The highest BCUT2D eigenvalue weighted by atomic mass is 16.5. The molecule has 1 aromatic carbocycles. The summed E-state index contributed by atoms with van der Waals surface area (Å²) in [6.45, 7) is 1.33. The normalized spacial score (nSPS) is 16.2. The second-order valence-electron chi connectivity index (χ2n) is 5.97. The van der Waals surface area contributed by atoms with E-state index in [9.17, 15) is 4.79 Å². The molecule has 0 spiro atoms. The molecular formula is C19H23N3O4. The average Bonchev–Trinajstić information content (AvgIpc) is 3.22. The Morgan fingerprint density at radius 1 is 1.23 bits per heavy atom. The third-order valence-electron chi connectivity index (χ3n) is 4.23. The third-order valence-corrected chi connectivity index (χ3v) is 4.23. The summed E-state index contributed by atoms with van der Waals surface area (Å²) in [5.74, 6) is 2.04. The second kappa shape index (κ2) is 8.53. The van der Waals surface area contributed by atoms with Gasteiger partial charge in [0.05, 0.1) is 20.3 Å². The van der Waals surface area contributed by atoms with Crippen LogP contribution in [0.4, 0.5) is 0 Å². The van der Waals surface area contributed by atoms with Gasteiger partial charge in [-0.15, -0.1) is 0 Å². The van der Waals surface area contributed by atoms with Crippen molar-refractivity contribution in [2.24, 2.45) is 0 Å². The number of ether oxygens (including phenoxy) is 3. The van der Waals surface area contributed by atoms with Gasteiger partial charge in [0.1, 0.15) is 0 Å². The van der Waals surface area contributed by atoms with Crippen LogP contribution in [0.5, 0.6) is 23.1 Å². The topological polar surface area (TPSA) is 81.7 Å². The van der Waals surface area contributed by atoms with Crippen molar-refractivity contribution in [2.75, 3.05) is 20.8 Å². The predicted molar refractivity (Wildman–Crippen MR) is 96.7 cm³/mol. The molecule has 7 nitrogen and oxygen atoms in total. The van der Waals surface area contributed by atoms with Gasteiger partial charge in [0.25, 0.3) is 0 Å². The van der Waals surface area contributed by atoms with E-state index in [2.05, 4.69) is 15.6 Å². The minimum atomic E-state index is -0.0800. The van der Waals surface area contributed by atoms with Crippen LogP contribution in [0.25, 0.3) is 0 Å². The summed E-state index contributed by atoms with van der Waals surface area (Å²) in [6, 6.07) is 8.94. The van der Waals surface area contributed by atoms with Gasteiger partial charge in [0.15, 0.2) is 11.5 Å². The van der Waals surface area contributed by atoms with E-state index in [4.69, 9.17) is 14.2 Å². The number of benzene rings is 1. The number of hydrogen-bond acceptors (Lipinski definition) is 6. The highest BCUT2D eigenvalue weighted by Crippen LogP contribution is 2.39. The van der Waals surface area contributed by atoms with Crippen LogP contribution in [0.1, 0.15) is 18.4 Å². The standard InChI is InChI=1S/C19H23N3O4/c1-24-15-6-3-7-16(25-2)18(15)26-17-9-8-13(11-21-17)12-22-19(23)14-5-4-10-20-14/h3,6-9,11,14,20H,4-5,10,12H2,1-2H3,(H,22,23). The summed E-state index contributed by atoms with van der Waals surface area (Å²) in [6.07, 6.45) is 3.61. The zero-order valence-electron chi connectivity index (χ0n) is 15.0. The van der Waals surface area contributed by atoms with Crippen molar-refractivity contribution in [2.45, 2.75) is 25.4 Å². The first kappa shape index (κ1) is 18.0. The van der Waals surface area contributed by atoms with Gasteiger partial charge < -0.3 is 24.8 Å². The Bertz CT molecular complexity index is 721. The van der Waals surface area contributed by atoms with Gasteiger partial charge in [-0.3, -0.25) is 4.79 Å². The molecule has 0 saturated carbocycles. The van der Waals surface area contributed by atoms with Crippen LogP contribution in [0.15, 0.2) is 36.5 Å². The van der Waals surface area contributed by atoms with Crippen LogP contribution in [0.3, 0.4) is 0 Å². The fraction of sp³-hybridized carbons (Fsp3) is 0.368. The molecule has 1 unspecified atom stereocenters. The molecule has 0 radical (unpaired) electrons. The number of hydrogen-bond donors (Lipinski definition) is 2. The molecule has 138 valence electrons. The Morgan fingerprint density at radius 2 is 2.00 bits per heavy atom. The van der Waals surface area contributed by atoms with E-state index in [-0.39, 0.29) is 11.9 Å². The number of rotatable bonds is 7. The Morgan fingerprint density at radius 3 is 2.58 bits per heavy atom. The first-order chi connectivity index (χ1) is 12.7. The summed E-state index contributed by atoms with van der Waals surface area (Å²) >= 11 is 0. The van der Waals surface area contributed by atoms with E-state index in [1.165, 1.54) is 0 Å². The van der Waals surface area contributed by atoms with Gasteiger partial charge in [-0.2, -0.15) is 0 Å². The van der Waals surface area contributed by atoms with Crippen molar-refractivity contribution < 1.29 is 19.0 Å². The number of carbonyl (C=O) groups is 1. The lowest BCUT2D eigenvalue weighted by atomic mass is 10.2. The molecule has 1 amide bonds. The van der Waals surface area contributed by atoms with Crippen molar-refractivity contribution in [1.29, 1.82) is 0 Å². The Labute approximate surface area is 152 Å². The molecule has 1 fully saturated rings. The third kappa shape index (κ3) is 4.23. The molecule has 1 atom stereocenters. The van der Waals surface area contributed by atoms with Crippen molar-refractivity contribution in [1.82, 2.24) is 15.6 Å². The Hall–Kier alpha value is -2.80. The maximum absolute atomic E-state index is 12.0. The van der Waals surface area contributed by atoms with Crippen molar-refractivity contribution in [3.63, 3.8) is 0 Å². The SMILES string of the molecule is COc1cccc(OC)c1Oc1ccc(CNC(=O)C2CCCN2)cn1. The van der Waals surface area contributed by atoms with Gasteiger partial charge in [-0.25, -0.2) is 4.98 Å². The van der Waals surface area contributed by atoms with Crippen LogP contribution in [0.2, 0.25) is 0 Å². The highest BCUT2D eigenvalue weighted by molar-refractivity contribution is 5.81. The monoisotopic (exact) mass is 357 g/mol. The largest absolute Gasteiger partial charge is 0.493 e. The molecule has 2 heterocycles. The molecule has 1 saturated heterocycles. The lowest BCUT2D eigenvalue weighted by molar-refractivity contribution is -0.122. The van der Waals surface area contributed by atoms with Crippen molar-refractivity contribution >= 4 is 5.91 Å². The summed E-state index contributed by atoms with van der Waals surface area (Å²) in [5, 5.41) is 6.10. The van der Waals surface area contributed by atoms with E-state index in [0.717, 1.165) is 24.9 Å². The quantitative estimate of drug-likeness (QED) is 0.791. The number of para-hydroxylation sites is 1. The minimum Gasteiger partial charge on any atom is -0.493 e. The van der Waals surface area contributed by atoms with Gasteiger partial charge in [0, 0.05) is 18.8 Å². The smallest absolute Gasteiger partial charge is 0.237 e. The highest BCUT2D eigenvalue weighted by Gasteiger charge is 2.21. The number of nitrogens with one attached hydrogen (secondary N) is 2. The number of methoxy groups -OCH3 is 2. The lowest BCUT2D eigenvalue weighted by Gasteiger charge is -2.13. The summed E-state index contributed by atoms with van der Waals surface area (Å²) in [4.78, 5) is 16.3. The first-order valence-corrected chi connectivity index (χ1v) is 8.56. The zero-order valence-corrected chi connectivity index (χ0v) is 15.0. The first-order valence-electron chi connectivity index (χ1n) is 8.56. The van der Waals surface area contributed by atoms with E-state index in [1.807, 2.05) is 12.1 Å². The molecule has 2 N–H and O–H groups in total. The molecule has 1 aromatic heterocycles. The summed E-state index contributed by atoms with van der Waals surface area (Å²) in [7, 11) is 3.14. The van der Waals surface area contributed by atoms with Crippen LogP contribution in [-0.4, -0.2) is 37.7 Å². The van der Waals surface area contributed by atoms with E-state index in [0.29, 0.717) is 29.7 Å². The fourth-order valence-electron chi connectivity index (χ4n) is 2.82. The average molecular weight is 357 g/mol. The van der Waals surface area contributed by atoms with Gasteiger partial charge >= 0.3 is 0 Å². The molecule has 3 rings (SSSR count). The Kier molecular flexibility index (Phi) is 5.91.